The van der Waals surface area contributed by atoms with Crippen molar-refractivity contribution in [1.29, 1.82) is 0 Å². The Bertz CT molecular complexity index is 1130. The van der Waals surface area contributed by atoms with Crippen molar-refractivity contribution in [3.05, 3.63) is 63.9 Å². The van der Waals surface area contributed by atoms with Crippen LogP contribution in [0.25, 0.3) is 10.6 Å². The van der Waals surface area contributed by atoms with E-state index in [9.17, 15) is 9.59 Å². The summed E-state index contributed by atoms with van der Waals surface area (Å²) in [6.07, 6.45) is 0. The SMILES string of the molecule is COCCOC(=O)c1c(C)[nH]c(C(=O)N2CCN(Cc3csc(-c4ccccc4)n3)CC2)c1C. The molecule has 1 aliphatic heterocycles. The monoisotopic (exact) mass is 482 g/mol. The van der Waals surface area contributed by atoms with Crippen molar-refractivity contribution >= 4 is 23.2 Å². The molecule has 34 heavy (non-hydrogen) atoms. The molecule has 0 bridgehead atoms. The number of carbonyl (C=O) groups excluding carboxylic acids is 2. The summed E-state index contributed by atoms with van der Waals surface area (Å²) in [5.74, 6) is -0.526. The third-order valence-electron chi connectivity index (χ3n) is 5.99. The quantitative estimate of drug-likeness (QED) is 0.391. The van der Waals surface area contributed by atoms with Crippen molar-refractivity contribution < 1.29 is 19.1 Å². The molecule has 1 amide bonds. The van der Waals surface area contributed by atoms with E-state index in [1.54, 1.807) is 32.3 Å². The van der Waals surface area contributed by atoms with Crippen molar-refractivity contribution in [3.8, 4) is 10.6 Å². The molecule has 1 N–H and O–H groups in total. The number of amides is 1. The zero-order valence-electron chi connectivity index (χ0n) is 19.8. The van der Waals surface area contributed by atoms with E-state index in [0.717, 1.165) is 35.9 Å². The molecule has 1 fully saturated rings. The normalized spacial score (nSPS) is 14.4. The minimum absolute atomic E-state index is 0.0868. The van der Waals surface area contributed by atoms with Gasteiger partial charge < -0.3 is 19.4 Å². The number of H-pyrrole nitrogens is 1. The molecule has 3 heterocycles. The number of piperazine rings is 1. The number of thiazole rings is 1. The molecule has 0 spiro atoms. The topological polar surface area (TPSA) is 87.8 Å². The fourth-order valence-electron chi connectivity index (χ4n) is 4.15. The second-order valence-electron chi connectivity index (χ2n) is 8.33. The van der Waals surface area contributed by atoms with Gasteiger partial charge in [-0.2, -0.15) is 0 Å². The van der Waals surface area contributed by atoms with Gasteiger partial charge in [0.1, 0.15) is 17.3 Å². The molecule has 0 unspecified atom stereocenters. The van der Waals surface area contributed by atoms with Gasteiger partial charge in [0.15, 0.2) is 0 Å². The lowest BCUT2D eigenvalue weighted by atomic mass is 10.1. The molecular weight excluding hydrogens is 452 g/mol. The number of benzene rings is 1. The van der Waals surface area contributed by atoms with Crippen molar-refractivity contribution in [3.63, 3.8) is 0 Å². The maximum absolute atomic E-state index is 13.2. The summed E-state index contributed by atoms with van der Waals surface area (Å²) in [5.41, 5.74) is 4.33. The highest BCUT2D eigenvalue weighted by Crippen LogP contribution is 2.25. The van der Waals surface area contributed by atoms with Crippen LogP contribution in [0.3, 0.4) is 0 Å². The van der Waals surface area contributed by atoms with Gasteiger partial charge in [-0.05, 0) is 19.4 Å². The first-order valence-electron chi connectivity index (χ1n) is 11.3. The number of aromatic amines is 1. The number of methoxy groups -OCH3 is 1. The van der Waals surface area contributed by atoms with E-state index in [4.69, 9.17) is 14.5 Å². The molecule has 4 rings (SSSR count). The maximum atomic E-state index is 13.2. The van der Waals surface area contributed by atoms with Gasteiger partial charge in [-0.25, -0.2) is 9.78 Å². The molecule has 2 aromatic heterocycles. The van der Waals surface area contributed by atoms with Crippen LogP contribution in [0.15, 0.2) is 35.7 Å². The Morgan fingerprint density at radius 3 is 2.53 bits per heavy atom. The number of nitrogens with one attached hydrogen (secondary N) is 1. The first-order chi connectivity index (χ1) is 16.5. The van der Waals surface area contributed by atoms with Crippen LogP contribution in [0.2, 0.25) is 0 Å². The Morgan fingerprint density at radius 1 is 1.09 bits per heavy atom. The van der Waals surface area contributed by atoms with Crippen LogP contribution in [-0.2, 0) is 16.0 Å². The number of rotatable bonds is 8. The van der Waals surface area contributed by atoms with Crippen molar-refractivity contribution in [2.24, 2.45) is 0 Å². The molecule has 1 aromatic carbocycles. The minimum atomic E-state index is -0.440. The molecule has 0 radical (unpaired) electrons. The average molecular weight is 483 g/mol. The van der Waals surface area contributed by atoms with Crippen LogP contribution in [0, 0.1) is 13.8 Å². The first-order valence-corrected chi connectivity index (χ1v) is 12.2. The molecule has 8 nitrogen and oxygen atoms in total. The predicted octanol–water partition coefficient (Wildman–Crippen LogP) is 3.52. The summed E-state index contributed by atoms with van der Waals surface area (Å²) in [7, 11) is 1.55. The van der Waals surface area contributed by atoms with Gasteiger partial charge in [0.25, 0.3) is 5.91 Å². The van der Waals surface area contributed by atoms with E-state index in [1.807, 2.05) is 23.1 Å². The van der Waals surface area contributed by atoms with Crippen molar-refractivity contribution in [1.82, 2.24) is 19.8 Å². The highest BCUT2D eigenvalue weighted by molar-refractivity contribution is 7.13. The number of aromatic nitrogens is 2. The lowest BCUT2D eigenvalue weighted by molar-refractivity contribution is 0.0387. The molecule has 3 aromatic rings. The fraction of sp³-hybridized carbons (Fsp3) is 0.400. The summed E-state index contributed by atoms with van der Waals surface area (Å²) in [4.78, 5) is 37.7. The number of hydrogen-bond donors (Lipinski definition) is 1. The smallest absolute Gasteiger partial charge is 0.340 e. The summed E-state index contributed by atoms with van der Waals surface area (Å²) in [5, 5.41) is 3.14. The summed E-state index contributed by atoms with van der Waals surface area (Å²) in [6, 6.07) is 10.2. The van der Waals surface area contributed by atoms with Crippen LogP contribution in [0.1, 0.15) is 37.8 Å². The van der Waals surface area contributed by atoms with E-state index in [2.05, 4.69) is 27.4 Å². The second-order valence-corrected chi connectivity index (χ2v) is 9.19. The second kappa shape index (κ2) is 10.9. The Hall–Kier alpha value is -3.01. The van der Waals surface area contributed by atoms with Crippen LogP contribution < -0.4 is 0 Å². The molecule has 9 heteroatoms. The Kier molecular flexibility index (Phi) is 7.77. The molecule has 0 saturated carbocycles. The zero-order valence-corrected chi connectivity index (χ0v) is 20.6. The van der Waals surface area contributed by atoms with E-state index >= 15 is 0 Å². The Balaban J connectivity index is 1.34. The largest absolute Gasteiger partial charge is 0.460 e. The van der Waals surface area contributed by atoms with E-state index < -0.39 is 5.97 Å². The number of carbonyl (C=O) groups is 2. The number of ether oxygens (including phenoxy) is 2. The standard InChI is InChI=1S/C25H30N4O4S/c1-17-21(25(31)33-14-13-32-3)18(2)26-22(17)24(30)29-11-9-28(10-12-29)15-20-16-34-23(27-20)19-7-5-4-6-8-19/h4-8,16,26H,9-15H2,1-3H3. The highest BCUT2D eigenvalue weighted by atomic mass is 32.1. The van der Waals surface area contributed by atoms with Crippen LogP contribution in [0.5, 0.6) is 0 Å². The third kappa shape index (κ3) is 5.38. The first kappa shape index (κ1) is 24.1. The van der Waals surface area contributed by atoms with Crippen LogP contribution in [-0.4, -0.2) is 78.1 Å². The summed E-state index contributed by atoms with van der Waals surface area (Å²) < 4.78 is 10.2. The zero-order chi connectivity index (χ0) is 24.1. The number of hydrogen-bond acceptors (Lipinski definition) is 7. The summed E-state index contributed by atoms with van der Waals surface area (Å²) in [6.45, 7) is 7.64. The number of nitrogens with zero attached hydrogens (tertiary/aromatic N) is 3. The minimum Gasteiger partial charge on any atom is -0.460 e. The van der Waals surface area contributed by atoms with Gasteiger partial charge in [0.05, 0.1) is 17.9 Å². The van der Waals surface area contributed by atoms with Crippen molar-refractivity contribution in [2.75, 3.05) is 46.5 Å². The third-order valence-corrected chi connectivity index (χ3v) is 6.93. The van der Waals surface area contributed by atoms with Gasteiger partial charge in [-0.3, -0.25) is 9.69 Å². The number of esters is 1. The molecule has 1 aliphatic rings. The van der Waals surface area contributed by atoms with Gasteiger partial charge in [0.2, 0.25) is 0 Å². The fourth-order valence-corrected chi connectivity index (χ4v) is 4.97. The van der Waals surface area contributed by atoms with Gasteiger partial charge in [-0.1, -0.05) is 30.3 Å². The molecule has 1 saturated heterocycles. The van der Waals surface area contributed by atoms with Crippen LogP contribution in [0.4, 0.5) is 0 Å². The molecule has 180 valence electrons. The summed E-state index contributed by atoms with van der Waals surface area (Å²) >= 11 is 1.66. The lowest BCUT2D eigenvalue weighted by Gasteiger charge is -2.34. The van der Waals surface area contributed by atoms with E-state index in [1.165, 1.54) is 0 Å². The van der Waals surface area contributed by atoms with Crippen LogP contribution >= 0.6 is 11.3 Å². The van der Waals surface area contributed by atoms with Crippen molar-refractivity contribution in [2.45, 2.75) is 20.4 Å². The highest BCUT2D eigenvalue weighted by Gasteiger charge is 2.28. The molecule has 0 atom stereocenters. The van der Waals surface area contributed by atoms with E-state index in [-0.39, 0.29) is 12.5 Å². The molecule has 0 aliphatic carbocycles. The van der Waals surface area contributed by atoms with Gasteiger partial charge in [-0.15, -0.1) is 11.3 Å². The molecular formula is C25H30N4O4S. The number of aryl methyl sites for hydroxylation is 1. The van der Waals surface area contributed by atoms with E-state index in [0.29, 0.717) is 42.2 Å². The lowest BCUT2D eigenvalue weighted by Crippen LogP contribution is -2.48. The Morgan fingerprint density at radius 2 is 1.82 bits per heavy atom. The maximum Gasteiger partial charge on any atom is 0.340 e. The average Bonchev–Trinajstić information content (AvgIpc) is 3.43. The Labute approximate surface area is 203 Å². The predicted molar refractivity (Wildman–Crippen MR) is 131 cm³/mol. The van der Waals surface area contributed by atoms with Gasteiger partial charge in [0, 0.05) is 56.5 Å². The van der Waals surface area contributed by atoms with Gasteiger partial charge >= 0.3 is 5.97 Å².